The lowest BCUT2D eigenvalue weighted by molar-refractivity contribution is 0.756. The van der Waals surface area contributed by atoms with Crippen molar-refractivity contribution in [2.24, 2.45) is 14.1 Å². The number of hydrogen-bond acceptors (Lipinski definition) is 2. The second-order valence-corrected chi connectivity index (χ2v) is 3.46. The molecule has 0 radical (unpaired) electrons. The minimum atomic E-state index is -0.189. The first kappa shape index (κ1) is 9.51. The van der Waals surface area contributed by atoms with Crippen molar-refractivity contribution >= 4 is 0 Å². The van der Waals surface area contributed by atoms with Crippen LogP contribution in [-0.4, -0.2) is 14.3 Å². The molecule has 0 saturated carbocycles. The lowest BCUT2D eigenvalue weighted by atomic mass is 10.1. The van der Waals surface area contributed by atoms with Crippen LogP contribution in [0.2, 0.25) is 0 Å². The summed E-state index contributed by atoms with van der Waals surface area (Å²) in [6.07, 6.45) is 3.31. The summed E-state index contributed by atoms with van der Waals surface area (Å²) in [6.45, 7) is 0. The number of rotatable bonds is 1. The smallest absolute Gasteiger partial charge is 0.271 e. The Labute approximate surface area is 85.6 Å². The summed E-state index contributed by atoms with van der Waals surface area (Å²) >= 11 is 0. The second kappa shape index (κ2) is 3.27. The molecule has 0 bridgehead atoms. The van der Waals surface area contributed by atoms with E-state index in [-0.39, 0.29) is 11.1 Å². The molecule has 5 heteroatoms. The van der Waals surface area contributed by atoms with Gasteiger partial charge in [0.15, 0.2) is 0 Å². The van der Waals surface area contributed by atoms with Gasteiger partial charge in [0.05, 0.1) is 5.56 Å². The van der Waals surface area contributed by atoms with Crippen LogP contribution >= 0.6 is 0 Å². The average Bonchev–Trinajstić information content (AvgIpc) is 2.50. The van der Waals surface area contributed by atoms with Crippen LogP contribution in [0, 0.1) is 0 Å². The molecular formula is C10H11N3O2. The van der Waals surface area contributed by atoms with Gasteiger partial charge in [0, 0.05) is 32.6 Å². The van der Waals surface area contributed by atoms with Gasteiger partial charge in [0.1, 0.15) is 0 Å². The SMILES string of the molecule is Cn1cc(-c2ccn(C)c(=O)c2)c(=O)[nH]1. The first-order chi connectivity index (χ1) is 7.08. The van der Waals surface area contributed by atoms with Crippen molar-refractivity contribution in [3.8, 4) is 11.1 Å². The van der Waals surface area contributed by atoms with Crippen LogP contribution in [0.15, 0.2) is 34.1 Å². The Morgan fingerprint density at radius 3 is 2.53 bits per heavy atom. The quantitative estimate of drug-likeness (QED) is 0.716. The zero-order chi connectivity index (χ0) is 11.0. The summed E-state index contributed by atoms with van der Waals surface area (Å²) in [5.74, 6) is 0. The molecule has 0 fully saturated rings. The van der Waals surface area contributed by atoms with Crippen molar-refractivity contribution in [2.45, 2.75) is 0 Å². The summed E-state index contributed by atoms with van der Waals surface area (Å²) in [5, 5.41) is 2.59. The van der Waals surface area contributed by atoms with E-state index in [4.69, 9.17) is 0 Å². The van der Waals surface area contributed by atoms with E-state index in [2.05, 4.69) is 5.10 Å². The highest BCUT2D eigenvalue weighted by molar-refractivity contribution is 5.60. The zero-order valence-corrected chi connectivity index (χ0v) is 8.52. The molecule has 5 nitrogen and oxygen atoms in total. The Balaban J connectivity index is 2.64. The maximum Gasteiger partial charge on any atom is 0.271 e. The van der Waals surface area contributed by atoms with Crippen LogP contribution in [0.25, 0.3) is 11.1 Å². The molecule has 0 aliphatic rings. The normalized spacial score (nSPS) is 10.5. The lowest BCUT2D eigenvalue weighted by Crippen LogP contribution is -2.15. The first-order valence-corrected chi connectivity index (χ1v) is 4.50. The topological polar surface area (TPSA) is 59.8 Å². The highest BCUT2D eigenvalue weighted by Crippen LogP contribution is 2.10. The molecule has 2 heterocycles. The maximum atomic E-state index is 11.5. The largest absolute Gasteiger partial charge is 0.319 e. The fourth-order valence-corrected chi connectivity index (χ4v) is 1.43. The van der Waals surface area contributed by atoms with Crippen molar-refractivity contribution in [1.29, 1.82) is 0 Å². The zero-order valence-electron chi connectivity index (χ0n) is 8.52. The maximum absolute atomic E-state index is 11.5. The Morgan fingerprint density at radius 1 is 1.27 bits per heavy atom. The van der Waals surface area contributed by atoms with E-state index >= 15 is 0 Å². The van der Waals surface area contributed by atoms with E-state index in [1.54, 1.807) is 37.2 Å². The molecule has 0 unspecified atom stereocenters. The molecule has 0 aliphatic heterocycles. The van der Waals surface area contributed by atoms with Gasteiger partial charge in [-0.15, -0.1) is 0 Å². The molecule has 0 aromatic carbocycles. The average molecular weight is 205 g/mol. The van der Waals surface area contributed by atoms with E-state index in [0.717, 1.165) is 0 Å². The monoisotopic (exact) mass is 205 g/mol. The number of hydrogen-bond donors (Lipinski definition) is 1. The van der Waals surface area contributed by atoms with Crippen LogP contribution < -0.4 is 11.1 Å². The molecule has 78 valence electrons. The van der Waals surface area contributed by atoms with Gasteiger partial charge >= 0.3 is 0 Å². The predicted octanol–water partition coefficient (Wildman–Crippen LogP) is 0.0791. The van der Waals surface area contributed by atoms with Crippen LogP contribution in [0.4, 0.5) is 0 Å². The molecule has 0 amide bonds. The standard InChI is InChI=1S/C10H11N3O2/c1-12-4-3-7(5-9(12)14)8-6-13(2)11-10(8)15/h3-6H,1-2H3,(H,11,15). The molecule has 0 atom stereocenters. The fourth-order valence-electron chi connectivity index (χ4n) is 1.43. The number of aryl methyl sites for hydroxylation is 2. The molecule has 2 aromatic rings. The Morgan fingerprint density at radius 2 is 2.00 bits per heavy atom. The highest BCUT2D eigenvalue weighted by Gasteiger charge is 2.05. The van der Waals surface area contributed by atoms with Gasteiger partial charge in [-0.1, -0.05) is 0 Å². The molecule has 2 rings (SSSR count). The van der Waals surface area contributed by atoms with Crippen LogP contribution in [0.5, 0.6) is 0 Å². The molecule has 2 aromatic heterocycles. The fraction of sp³-hybridized carbons (Fsp3) is 0.200. The van der Waals surface area contributed by atoms with Crippen LogP contribution in [0.1, 0.15) is 0 Å². The van der Waals surface area contributed by atoms with Crippen LogP contribution in [-0.2, 0) is 14.1 Å². The van der Waals surface area contributed by atoms with Gasteiger partial charge in [-0.05, 0) is 11.6 Å². The minimum absolute atomic E-state index is 0.129. The van der Waals surface area contributed by atoms with Crippen molar-refractivity contribution in [1.82, 2.24) is 14.3 Å². The molecule has 0 saturated heterocycles. The Hall–Kier alpha value is -2.04. The van der Waals surface area contributed by atoms with Gasteiger partial charge in [-0.2, -0.15) is 0 Å². The summed E-state index contributed by atoms with van der Waals surface area (Å²) in [6, 6.07) is 3.19. The van der Waals surface area contributed by atoms with Gasteiger partial charge in [-0.25, -0.2) is 0 Å². The lowest BCUT2D eigenvalue weighted by Gasteiger charge is -1.98. The predicted molar refractivity (Wildman–Crippen MR) is 56.7 cm³/mol. The first-order valence-electron chi connectivity index (χ1n) is 4.50. The van der Waals surface area contributed by atoms with Crippen LogP contribution in [0.3, 0.4) is 0 Å². The summed E-state index contributed by atoms with van der Waals surface area (Å²) in [7, 11) is 3.40. The van der Waals surface area contributed by atoms with Crippen molar-refractivity contribution in [3.63, 3.8) is 0 Å². The van der Waals surface area contributed by atoms with Crippen molar-refractivity contribution in [2.75, 3.05) is 0 Å². The van der Waals surface area contributed by atoms with Gasteiger partial charge in [-0.3, -0.25) is 19.4 Å². The molecular weight excluding hydrogens is 194 g/mol. The summed E-state index contributed by atoms with van der Waals surface area (Å²) < 4.78 is 3.02. The van der Waals surface area contributed by atoms with E-state index in [9.17, 15) is 9.59 Å². The summed E-state index contributed by atoms with van der Waals surface area (Å²) in [4.78, 5) is 22.8. The van der Waals surface area contributed by atoms with E-state index in [1.807, 2.05) is 0 Å². The van der Waals surface area contributed by atoms with E-state index in [0.29, 0.717) is 11.1 Å². The molecule has 0 aliphatic carbocycles. The number of aromatic amines is 1. The Bertz CT molecular complexity index is 604. The van der Waals surface area contributed by atoms with E-state index < -0.39 is 0 Å². The van der Waals surface area contributed by atoms with E-state index in [1.165, 1.54) is 10.6 Å². The number of nitrogens with one attached hydrogen (secondary N) is 1. The molecule has 15 heavy (non-hydrogen) atoms. The minimum Gasteiger partial charge on any atom is -0.319 e. The number of nitrogens with zero attached hydrogens (tertiary/aromatic N) is 2. The van der Waals surface area contributed by atoms with Gasteiger partial charge < -0.3 is 4.57 Å². The number of H-pyrrole nitrogens is 1. The Kier molecular flexibility index (Phi) is 2.07. The van der Waals surface area contributed by atoms with Gasteiger partial charge in [0.25, 0.3) is 11.1 Å². The number of aromatic nitrogens is 3. The molecule has 1 N–H and O–H groups in total. The van der Waals surface area contributed by atoms with Gasteiger partial charge in [0.2, 0.25) is 0 Å². The number of pyridine rings is 1. The second-order valence-electron chi connectivity index (χ2n) is 3.46. The highest BCUT2D eigenvalue weighted by atomic mass is 16.1. The third-order valence-corrected chi connectivity index (χ3v) is 2.26. The third-order valence-electron chi connectivity index (χ3n) is 2.26. The summed E-state index contributed by atoms with van der Waals surface area (Å²) in [5.41, 5.74) is 0.830. The third kappa shape index (κ3) is 1.63. The van der Waals surface area contributed by atoms with Crippen molar-refractivity contribution in [3.05, 3.63) is 45.2 Å². The van der Waals surface area contributed by atoms with Crippen molar-refractivity contribution < 1.29 is 0 Å². The molecule has 0 spiro atoms.